The van der Waals surface area contributed by atoms with Gasteiger partial charge in [0.25, 0.3) is 0 Å². The fourth-order valence-corrected chi connectivity index (χ4v) is 4.11. The Morgan fingerprint density at radius 2 is 2.33 bits per heavy atom. The first-order valence-corrected chi connectivity index (χ1v) is 8.26. The highest BCUT2D eigenvalue weighted by Gasteiger charge is 2.42. The molecule has 3 fully saturated rings. The van der Waals surface area contributed by atoms with Gasteiger partial charge in [-0.2, -0.15) is 4.98 Å². The second-order valence-electron chi connectivity index (χ2n) is 6.48. The highest BCUT2D eigenvalue weighted by atomic mass is 16.5. The zero-order valence-corrected chi connectivity index (χ0v) is 12.6. The standard InChI is InChI=1S/C15H24N4O2/c1-2-19-6-7-20-12(9-19)14-17-15(21-18-14)13-11-5-3-4-10(11)8-16-13/h10-13,16H,2-9H2,1H3. The van der Waals surface area contributed by atoms with E-state index in [0.29, 0.717) is 11.7 Å². The van der Waals surface area contributed by atoms with Crippen molar-refractivity contribution in [2.75, 3.05) is 32.8 Å². The van der Waals surface area contributed by atoms with Crippen LogP contribution in [0.25, 0.3) is 0 Å². The molecule has 116 valence electrons. The molecule has 0 bridgehead atoms. The SMILES string of the molecule is CCN1CCOC(c2noc(C3NCC4CCCC43)n2)C1. The number of rotatable bonds is 3. The molecule has 0 spiro atoms. The Morgan fingerprint density at radius 3 is 3.24 bits per heavy atom. The summed E-state index contributed by atoms with van der Waals surface area (Å²) in [7, 11) is 0. The zero-order valence-electron chi connectivity index (χ0n) is 12.6. The number of ether oxygens (including phenoxy) is 1. The number of fused-ring (bicyclic) bond motifs is 1. The van der Waals surface area contributed by atoms with Gasteiger partial charge in [-0.1, -0.05) is 18.5 Å². The Labute approximate surface area is 125 Å². The molecule has 2 saturated heterocycles. The molecule has 1 saturated carbocycles. The van der Waals surface area contributed by atoms with E-state index in [2.05, 4.69) is 27.3 Å². The predicted molar refractivity (Wildman–Crippen MR) is 76.7 cm³/mol. The molecular formula is C15H24N4O2. The third kappa shape index (κ3) is 2.49. The molecule has 4 atom stereocenters. The lowest BCUT2D eigenvalue weighted by molar-refractivity contribution is -0.0334. The summed E-state index contributed by atoms with van der Waals surface area (Å²) in [6.07, 6.45) is 3.92. The Kier molecular flexibility index (Phi) is 3.69. The minimum atomic E-state index is -0.0445. The summed E-state index contributed by atoms with van der Waals surface area (Å²) in [4.78, 5) is 7.02. The molecule has 21 heavy (non-hydrogen) atoms. The number of aromatic nitrogens is 2. The van der Waals surface area contributed by atoms with E-state index >= 15 is 0 Å². The topological polar surface area (TPSA) is 63.4 Å². The molecule has 0 amide bonds. The van der Waals surface area contributed by atoms with E-state index in [0.717, 1.165) is 44.6 Å². The monoisotopic (exact) mass is 292 g/mol. The van der Waals surface area contributed by atoms with E-state index < -0.39 is 0 Å². The highest BCUT2D eigenvalue weighted by Crippen LogP contribution is 2.44. The first-order chi connectivity index (χ1) is 10.3. The Bertz CT molecular complexity index is 492. The van der Waals surface area contributed by atoms with Crippen molar-refractivity contribution in [1.82, 2.24) is 20.4 Å². The molecule has 1 aromatic rings. The molecule has 1 aliphatic carbocycles. The number of hydrogen-bond donors (Lipinski definition) is 1. The van der Waals surface area contributed by atoms with Crippen LogP contribution in [0.15, 0.2) is 4.52 Å². The van der Waals surface area contributed by atoms with E-state index in [-0.39, 0.29) is 12.1 Å². The summed E-state index contributed by atoms with van der Waals surface area (Å²) in [6.45, 7) is 6.90. The molecule has 0 radical (unpaired) electrons. The summed E-state index contributed by atoms with van der Waals surface area (Å²) in [5, 5.41) is 7.75. The van der Waals surface area contributed by atoms with E-state index in [1.807, 2.05) is 0 Å². The number of morpholine rings is 1. The van der Waals surface area contributed by atoms with Gasteiger partial charge in [0.2, 0.25) is 11.7 Å². The maximum absolute atomic E-state index is 5.81. The molecule has 0 aromatic carbocycles. The molecule has 1 N–H and O–H groups in total. The second kappa shape index (κ2) is 5.66. The first kappa shape index (κ1) is 13.7. The summed E-state index contributed by atoms with van der Waals surface area (Å²) in [6, 6.07) is 0.254. The van der Waals surface area contributed by atoms with Gasteiger partial charge in [-0.3, -0.25) is 4.90 Å². The Hall–Kier alpha value is -0.980. The van der Waals surface area contributed by atoms with Crippen molar-refractivity contribution in [3.8, 4) is 0 Å². The molecule has 4 rings (SSSR count). The minimum absolute atomic E-state index is 0.0445. The van der Waals surface area contributed by atoms with Crippen molar-refractivity contribution in [3.05, 3.63) is 11.7 Å². The lowest BCUT2D eigenvalue weighted by Gasteiger charge is -2.30. The zero-order chi connectivity index (χ0) is 14.2. The van der Waals surface area contributed by atoms with Gasteiger partial charge in [0.15, 0.2) is 0 Å². The van der Waals surface area contributed by atoms with Crippen molar-refractivity contribution in [1.29, 1.82) is 0 Å². The van der Waals surface area contributed by atoms with Crippen LogP contribution in [-0.4, -0.2) is 47.8 Å². The molecular weight excluding hydrogens is 268 g/mol. The van der Waals surface area contributed by atoms with Gasteiger partial charge in [0.1, 0.15) is 6.10 Å². The van der Waals surface area contributed by atoms with Crippen LogP contribution in [0.3, 0.4) is 0 Å². The lowest BCUT2D eigenvalue weighted by atomic mass is 9.94. The van der Waals surface area contributed by atoms with Crippen molar-refractivity contribution in [2.45, 2.75) is 38.3 Å². The van der Waals surface area contributed by atoms with Gasteiger partial charge in [0.05, 0.1) is 12.6 Å². The Balaban J connectivity index is 1.48. The van der Waals surface area contributed by atoms with Gasteiger partial charge in [0, 0.05) is 13.1 Å². The van der Waals surface area contributed by atoms with Crippen LogP contribution in [0.5, 0.6) is 0 Å². The molecule has 3 aliphatic rings. The minimum Gasteiger partial charge on any atom is -0.367 e. The fourth-order valence-electron chi connectivity index (χ4n) is 4.11. The fraction of sp³-hybridized carbons (Fsp3) is 0.867. The lowest BCUT2D eigenvalue weighted by Crippen LogP contribution is -2.38. The molecule has 3 heterocycles. The van der Waals surface area contributed by atoms with Crippen LogP contribution in [0, 0.1) is 11.8 Å². The number of hydrogen-bond acceptors (Lipinski definition) is 6. The highest BCUT2D eigenvalue weighted by molar-refractivity contribution is 5.05. The third-order valence-electron chi connectivity index (χ3n) is 5.36. The molecule has 1 aromatic heterocycles. The van der Waals surface area contributed by atoms with Crippen molar-refractivity contribution in [2.24, 2.45) is 11.8 Å². The van der Waals surface area contributed by atoms with Gasteiger partial charge in [-0.25, -0.2) is 0 Å². The van der Waals surface area contributed by atoms with Crippen LogP contribution in [0.1, 0.15) is 50.0 Å². The van der Waals surface area contributed by atoms with E-state index in [9.17, 15) is 0 Å². The largest absolute Gasteiger partial charge is 0.367 e. The summed E-state index contributed by atoms with van der Waals surface area (Å²) in [5.41, 5.74) is 0. The number of nitrogens with zero attached hydrogens (tertiary/aromatic N) is 3. The van der Waals surface area contributed by atoms with Crippen LogP contribution in [-0.2, 0) is 4.74 Å². The van der Waals surface area contributed by atoms with E-state index in [1.54, 1.807) is 0 Å². The van der Waals surface area contributed by atoms with E-state index in [4.69, 9.17) is 9.26 Å². The molecule has 6 nitrogen and oxygen atoms in total. The normalized spacial score (nSPS) is 37.0. The van der Waals surface area contributed by atoms with Crippen LogP contribution in [0.4, 0.5) is 0 Å². The van der Waals surface area contributed by atoms with Crippen molar-refractivity contribution in [3.63, 3.8) is 0 Å². The van der Waals surface area contributed by atoms with Crippen LogP contribution < -0.4 is 5.32 Å². The average Bonchev–Trinajstić information content (AvgIpc) is 3.23. The maximum Gasteiger partial charge on any atom is 0.244 e. The van der Waals surface area contributed by atoms with Crippen molar-refractivity contribution < 1.29 is 9.26 Å². The second-order valence-corrected chi connectivity index (χ2v) is 6.48. The molecule has 6 heteroatoms. The van der Waals surface area contributed by atoms with Gasteiger partial charge in [-0.05, 0) is 37.8 Å². The summed E-state index contributed by atoms with van der Waals surface area (Å²) >= 11 is 0. The first-order valence-electron chi connectivity index (χ1n) is 8.26. The van der Waals surface area contributed by atoms with Gasteiger partial charge < -0.3 is 14.6 Å². The molecule has 2 aliphatic heterocycles. The number of likely N-dealkylation sites (N-methyl/N-ethyl adjacent to an activating group) is 1. The summed E-state index contributed by atoms with van der Waals surface area (Å²) in [5.74, 6) is 2.95. The average molecular weight is 292 g/mol. The molecule has 4 unspecified atom stereocenters. The van der Waals surface area contributed by atoms with E-state index in [1.165, 1.54) is 19.3 Å². The summed E-state index contributed by atoms with van der Waals surface area (Å²) < 4.78 is 11.4. The Morgan fingerprint density at radius 1 is 1.38 bits per heavy atom. The number of nitrogens with one attached hydrogen (secondary N) is 1. The van der Waals surface area contributed by atoms with Crippen LogP contribution in [0.2, 0.25) is 0 Å². The van der Waals surface area contributed by atoms with Gasteiger partial charge in [-0.15, -0.1) is 0 Å². The maximum atomic E-state index is 5.81. The van der Waals surface area contributed by atoms with Crippen molar-refractivity contribution >= 4 is 0 Å². The third-order valence-corrected chi connectivity index (χ3v) is 5.36. The van der Waals surface area contributed by atoms with Gasteiger partial charge >= 0.3 is 0 Å². The van der Waals surface area contributed by atoms with Crippen LogP contribution >= 0.6 is 0 Å². The predicted octanol–water partition coefficient (Wildman–Crippen LogP) is 1.52. The quantitative estimate of drug-likeness (QED) is 0.911. The smallest absolute Gasteiger partial charge is 0.244 e.